The van der Waals surface area contributed by atoms with E-state index in [1.54, 1.807) is 12.1 Å². The van der Waals surface area contributed by atoms with Crippen LogP contribution in [0.25, 0.3) is 0 Å². The Labute approximate surface area is 141 Å². The summed E-state index contributed by atoms with van der Waals surface area (Å²) in [6.07, 6.45) is -1.26. The molecule has 0 saturated carbocycles. The van der Waals surface area contributed by atoms with Gasteiger partial charge < -0.3 is 0 Å². The predicted molar refractivity (Wildman–Crippen MR) is 83.4 cm³/mol. The Kier molecular flexibility index (Phi) is 4.89. The maximum Gasteiger partial charge on any atom is 0.416 e. The van der Waals surface area contributed by atoms with Crippen LogP contribution in [-0.2, 0) is 12.7 Å². The van der Waals surface area contributed by atoms with E-state index in [1.807, 2.05) is 0 Å². The second kappa shape index (κ2) is 6.75. The molecule has 124 valence electrons. The number of hydrogen-bond acceptors (Lipinski definition) is 4. The van der Waals surface area contributed by atoms with Crippen molar-refractivity contribution in [2.45, 2.75) is 38.0 Å². The number of aromatic nitrogens is 2. The van der Waals surface area contributed by atoms with Gasteiger partial charge in [0.2, 0.25) is 0 Å². The van der Waals surface area contributed by atoms with Gasteiger partial charge in [-0.1, -0.05) is 34.6 Å². The van der Waals surface area contributed by atoms with E-state index in [2.05, 4.69) is 14.5 Å². The summed E-state index contributed by atoms with van der Waals surface area (Å²) < 4.78 is 42.5. The molecule has 0 bridgehead atoms. The van der Waals surface area contributed by atoms with Crippen LogP contribution >= 0.6 is 23.1 Å². The van der Waals surface area contributed by atoms with Gasteiger partial charge in [0.15, 0.2) is 0 Å². The minimum absolute atomic E-state index is 0.0869. The topological polar surface area (TPSA) is 29.0 Å². The molecule has 0 amide bonds. The fourth-order valence-corrected chi connectivity index (χ4v) is 3.55. The summed E-state index contributed by atoms with van der Waals surface area (Å²) in [5.41, 5.74) is 1.02. The molecule has 3 nitrogen and oxygen atoms in total. The van der Waals surface area contributed by atoms with Crippen LogP contribution in [0.3, 0.4) is 0 Å². The first-order valence-electron chi connectivity index (χ1n) is 7.33. The minimum atomic E-state index is -4.30. The lowest BCUT2D eigenvalue weighted by atomic mass is 9.94. The van der Waals surface area contributed by atoms with Crippen molar-refractivity contribution >= 4 is 23.1 Å². The van der Waals surface area contributed by atoms with Crippen LogP contribution in [0, 0.1) is 0 Å². The Morgan fingerprint density at radius 3 is 2.57 bits per heavy atom. The molecule has 1 unspecified atom stereocenters. The maximum atomic E-state index is 12.7. The van der Waals surface area contributed by atoms with Crippen LogP contribution in [0.1, 0.15) is 42.1 Å². The maximum absolute atomic E-state index is 12.7. The fraction of sp³-hybridized carbons (Fsp3) is 0.467. The molecule has 0 N–H and O–H groups in total. The summed E-state index contributed by atoms with van der Waals surface area (Å²) in [5.74, 6) is 0. The molecule has 1 aliphatic rings. The summed E-state index contributed by atoms with van der Waals surface area (Å²) in [4.78, 5) is 2.22. The zero-order valence-electron chi connectivity index (χ0n) is 12.2. The molecule has 1 saturated heterocycles. The zero-order valence-corrected chi connectivity index (χ0v) is 13.8. The summed E-state index contributed by atoms with van der Waals surface area (Å²) in [6, 6.07) is 5.54. The molecule has 0 spiro atoms. The molecule has 1 aliphatic heterocycles. The van der Waals surface area contributed by atoms with E-state index < -0.39 is 11.7 Å². The van der Waals surface area contributed by atoms with E-state index in [9.17, 15) is 13.2 Å². The molecular weight excluding hydrogens is 347 g/mol. The smallest absolute Gasteiger partial charge is 0.290 e. The molecule has 0 aliphatic carbocycles. The van der Waals surface area contributed by atoms with Crippen molar-refractivity contribution in [2.75, 3.05) is 6.54 Å². The molecule has 1 fully saturated rings. The third-order valence-corrected chi connectivity index (χ3v) is 5.08. The highest BCUT2D eigenvalue weighted by molar-refractivity contribution is 7.10. The standard InChI is InChI=1S/C15H15ClF3N3S/c16-14-12(20-21-23-14)9-22-8-2-1-3-13(22)10-4-6-11(7-5-10)15(17,18)19/h4-7,13H,1-3,8-9H2. The molecule has 3 rings (SSSR count). The molecule has 8 heteroatoms. The lowest BCUT2D eigenvalue weighted by molar-refractivity contribution is -0.137. The quantitative estimate of drug-likeness (QED) is 0.775. The summed E-state index contributed by atoms with van der Waals surface area (Å²) in [6.45, 7) is 1.45. The van der Waals surface area contributed by atoms with Crippen molar-refractivity contribution in [1.29, 1.82) is 0 Å². The second-order valence-electron chi connectivity index (χ2n) is 5.60. The van der Waals surface area contributed by atoms with Gasteiger partial charge >= 0.3 is 6.18 Å². The zero-order chi connectivity index (χ0) is 16.4. The molecule has 0 radical (unpaired) electrons. The van der Waals surface area contributed by atoms with Crippen LogP contribution in [0.2, 0.25) is 4.34 Å². The molecule has 2 heterocycles. The largest absolute Gasteiger partial charge is 0.416 e. The lowest BCUT2D eigenvalue weighted by Gasteiger charge is -2.35. The Bertz CT molecular complexity index is 657. The molecule has 1 aromatic carbocycles. The summed E-state index contributed by atoms with van der Waals surface area (Å²) >= 11 is 7.21. The Morgan fingerprint density at radius 1 is 1.22 bits per heavy atom. The van der Waals surface area contributed by atoms with E-state index in [4.69, 9.17) is 11.6 Å². The van der Waals surface area contributed by atoms with Gasteiger partial charge in [-0.15, -0.1) is 5.10 Å². The molecule has 2 aromatic rings. The van der Waals surface area contributed by atoms with E-state index >= 15 is 0 Å². The van der Waals surface area contributed by atoms with Crippen molar-refractivity contribution < 1.29 is 13.2 Å². The summed E-state index contributed by atoms with van der Waals surface area (Å²) in [5, 5.41) is 4.03. The van der Waals surface area contributed by atoms with E-state index in [0.717, 1.165) is 60.7 Å². The van der Waals surface area contributed by atoms with E-state index in [0.29, 0.717) is 10.9 Å². The first-order chi connectivity index (χ1) is 10.9. The van der Waals surface area contributed by atoms with Gasteiger partial charge in [0.25, 0.3) is 0 Å². The number of halogens is 4. The number of nitrogens with zero attached hydrogens (tertiary/aromatic N) is 3. The van der Waals surface area contributed by atoms with Gasteiger partial charge in [0.1, 0.15) is 10.0 Å². The number of piperidine rings is 1. The van der Waals surface area contributed by atoms with Crippen LogP contribution in [0.5, 0.6) is 0 Å². The van der Waals surface area contributed by atoms with Gasteiger partial charge in [0, 0.05) is 24.1 Å². The molecule has 1 aromatic heterocycles. The van der Waals surface area contributed by atoms with Crippen molar-refractivity contribution in [1.82, 2.24) is 14.5 Å². The van der Waals surface area contributed by atoms with Gasteiger partial charge in [0.05, 0.1) is 5.56 Å². The monoisotopic (exact) mass is 361 g/mol. The van der Waals surface area contributed by atoms with Crippen molar-refractivity contribution in [2.24, 2.45) is 0 Å². The highest BCUT2D eigenvalue weighted by Crippen LogP contribution is 2.35. The van der Waals surface area contributed by atoms with Crippen molar-refractivity contribution in [3.05, 3.63) is 45.4 Å². The van der Waals surface area contributed by atoms with E-state index in [1.165, 1.54) is 0 Å². The Hall–Kier alpha value is -1.18. The van der Waals surface area contributed by atoms with Crippen molar-refractivity contribution in [3.8, 4) is 0 Å². The lowest BCUT2D eigenvalue weighted by Crippen LogP contribution is -2.33. The summed E-state index contributed by atoms with van der Waals surface area (Å²) in [7, 11) is 0. The average Bonchev–Trinajstić information content (AvgIpc) is 2.92. The third-order valence-electron chi connectivity index (χ3n) is 4.10. The SMILES string of the molecule is FC(F)(F)c1ccc(C2CCCCN2Cc2nnsc2Cl)cc1. The normalized spacial score (nSPS) is 19.9. The van der Waals surface area contributed by atoms with Crippen LogP contribution in [0.15, 0.2) is 24.3 Å². The van der Waals surface area contributed by atoms with Gasteiger partial charge in [-0.05, 0) is 37.1 Å². The van der Waals surface area contributed by atoms with Gasteiger partial charge in [-0.2, -0.15) is 13.2 Å². The van der Waals surface area contributed by atoms with Crippen LogP contribution in [-0.4, -0.2) is 21.0 Å². The molecule has 23 heavy (non-hydrogen) atoms. The first-order valence-corrected chi connectivity index (χ1v) is 8.48. The van der Waals surface area contributed by atoms with Crippen LogP contribution in [0.4, 0.5) is 13.2 Å². The number of benzene rings is 1. The number of rotatable bonds is 3. The second-order valence-corrected chi connectivity index (χ2v) is 6.95. The number of alkyl halides is 3. The van der Waals surface area contributed by atoms with Gasteiger partial charge in [-0.3, -0.25) is 4.90 Å². The fourth-order valence-electron chi connectivity index (χ4n) is 2.94. The Balaban J connectivity index is 1.79. The Morgan fingerprint density at radius 2 is 1.96 bits per heavy atom. The number of hydrogen-bond donors (Lipinski definition) is 0. The molecular formula is C15H15ClF3N3S. The highest BCUT2D eigenvalue weighted by Gasteiger charge is 2.31. The number of likely N-dealkylation sites (tertiary alicyclic amines) is 1. The van der Waals surface area contributed by atoms with E-state index in [-0.39, 0.29) is 6.04 Å². The van der Waals surface area contributed by atoms with Crippen LogP contribution < -0.4 is 0 Å². The first kappa shape index (κ1) is 16.7. The van der Waals surface area contributed by atoms with Crippen molar-refractivity contribution in [3.63, 3.8) is 0 Å². The predicted octanol–water partition coefficient (Wildman–Crippen LogP) is 4.94. The third kappa shape index (κ3) is 3.84. The minimum Gasteiger partial charge on any atom is -0.290 e. The average molecular weight is 362 g/mol. The molecule has 1 atom stereocenters. The highest BCUT2D eigenvalue weighted by atomic mass is 35.5. The van der Waals surface area contributed by atoms with Gasteiger partial charge in [-0.25, -0.2) is 0 Å².